The number of nitrogens with one attached hydrogen (secondary N) is 2. The zero-order chi connectivity index (χ0) is 23.9. The van der Waals surface area contributed by atoms with Gasteiger partial charge in [0.25, 0.3) is 5.69 Å². The summed E-state index contributed by atoms with van der Waals surface area (Å²) in [5.74, 6) is 1.52. The smallest absolute Gasteiger partial charge is 0.269 e. The Labute approximate surface area is 197 Å². The number of non-ortho nitro benzene ring substituents is 1. The molecule has 0 aliphatic carbocycles. The van der Waals surface area contributed by atoms with Crippen LogP contribution in [0.4, 0.5) is 29.2 Å². The van der Waals surface area contributed by atoms with Crippen molar-refractivity contribution in [1.29, 1.82) is 0 Å². The Morgan fingerprint density at radius 3 is 2.35 bits per heavy atom. The van der Waals surface area contributed by atoms with E-state index in [-0.39, 0.29) is 11.6 Å². The molecule has 0 amide bonds. The van der Waals surface area contributed by atoms with Gasteiger partial charge in [-0.2, -0.15) is 20.1 Å². The van der Waals surface area contributed by atoms with Crippen molar-refractivity contribution in [3.05, 3.63) is 69.8 Å². The first-order chi connectivity index (χ1) is 16.5. The molecule has 2 N–H and O–H groups in total. The molecule has 0 spiro atoms. The largest absolute Gasteiger partial charge is 0.378 e. The van der Waals surface area contributed by atoms with Gasteiger partial charge in [0.2, 0.25) is 17.8 Å². The van der Waals surface area contributed by atoms with Gasteiger partial charge in [0, 0.05) is 30.9 Å². The van der Waals surface area contributed by atoms with Crippen LogP contribution in [-0.4, -0.2) is 52.4 Å². The second kappa shape index (κ2) is 10.7. The first-order valence-corrected chi connectivity index (χ1v) is 11.0. The normalized spacial score (nSPS) is 13.9. The van der Waals surface area contributed by atoms with Gasteiger partial charge in [0.1, 0.15) is 0 Å². The van der Waals surface area contributed by atoms with Gasteiger partial charge in [-0.05, 0) is 29.2 Å². The minimum Gasteiger partial charge on any atom is -0.378 e. The number of morpholine rings is 1. The predicted octanol–water partition coefficient (Wildman–Crippen LogP) is 3.93. The highest BCUT2D eigenvalue weighted by Crippen LogP contribution is 2.21. The summed E-state index contributed by atoms with van der Waals surface area (Å²) in [4.78, 5) is 25.9. The van der Waals surface area contributed by atoms with E-state index in [0.29, 0.717) is 49.8 Å². The molecule has 1 saturated heterocycles. The third kappa shape index (κ3) is 6.01. The van der Waals surface area contributed by atoms with Crippen LogP contribution in [0.25, 0.3) is 0 Å². The third-order valence-electron chi connectivity index (χ3n) is 5.23. The molecule has 0 bridgehead atoms. The van der Waals surface area contributed by atoms with Gasteiger partial charge in [-0.3, -0.25) is 10.1 Å². The molecule has 0 atom stereocenters. The van der Waals surface area contributed by atoms with Crippen LogP contribution >= 0.6 is 0 Å². The lowest BCUT2D eigenvalue weighted by molar-refractivity contribution is -0.384. The molecule has 0 saturated carbocycles. The van der Waals surface area contributed by atoms with Gasteiger partial charge in [-0.15, -0.1) is 0 Å². The lowest BCUT2D eigenvalue weighted by Gasteiger charge is -2.27. The number of ether oxygens (including phenoxy) is 1. The predicted molar refractivity (Wildman–Crippen MR) is 131 cm³/mol. The summed E-state index contributed by atoms with van der Waals surface area (Å²) in [6.45, 7) is 6.80. The lowest BCUT2D eigenvalue weighted by Crippen LogP contribution is -2.37. The summed E-state index contributed by atoms with van der Waals surface area (Å²) in [6, 6.07) is 14.2. The Hall–Kier alpha value is -4.12. The fourth-order valence-corrected chi connectivity index (χ4v) is 3.30. The summed E-state index contributed by atoms with van der Waals surface area (Å²) < 4.78 is 5.42. The maximum absolute atomic E-state index is 10.9. The number of rotatable bonds is 8. The van der Waals surface area contributed by atoms with Crippen LogP contribution in [0.1, 0.15) is 30.9 Å². The fraction of sp³-hybridized carbons (Fsp3) is 0.304. The van der Waals surface area contributed by atoms with Crippen molar-refractivity contribution in [2.24, 2.45) is 5.10 Å². The Morgan fingerprint density at radius 1 is 1.03 bits per heavy atom. The average Bonchev–Trinajstić information content (AvgIpc) is 2.85. The first kappa shape index (κ1) is 23.1. The second-order valence-electron chi connectivity index (χ2n) is 8.00. The number of hydrogen-bond donors (Lipinski definition) is 2. The monoisotopic (exact) mass is 462 g/mol. The maximum atomic E-state index is 10.9. The van der Waals surface area contributed by atoms with E-state index in [2.05, 4.69) is 56.8 Å². The molecule has 34 heavy (non-hydrogen) atoms. The van der Waals surface area contributed by atoms with Crippen molar-refractivity contribution in [1.82, 2.24) is 15.0 Å². The summed E-state index contributed by atoms with van der Waals surface area (Å²) in [6.07, 6.45) is 1.70. The minimum absolute atomic E-state index is 0.00771. The quantitative estimate of drug-likeness (QED) is 0.290. The maximum Gasteiger partial charge on any atom is 0.269 e. The molecule has 1 aliphatic rings. The molecule has 11 heteroatoms. The Bertz CT molecular complexity index is 1140. The van der Waals surface area contributed by atoms with Gasteiger partial charge >= 0.3 is 0 Å². The standard InChI is InChI=1S/C23H26N8O3/c1-16(2)18-5-3-17(4-6-18)15-24-29-22-26-21(25-19-7-9-20(10-8-19)31(32)33)27-23(28-22)30-11-13-34-14-12-30/h3-10,15-16H,11-14H2,1-2H3,(H2,25,26,27,28,29)/b24-15-. The van der Waals surface area contributed by atoms with E-state index in [1.807, 2.05) is 17.0 Å². The Kier molecular flexibility index (Phi) is 7.23. The van der Waals surface area contributed by atoms with Crippen LogP contribution in [0.3, 0.4) is 0 Å². The Morgan fingerprint density at radius 2 is 1.71 bits per heavy atom. The molecule has 0 radical (unpaired) electrons. The van der Waals surface area contributed by atoms with Gasteiger partial charge in [-0.25, -0.2) is 5.43 Å². The highest BCUT2D eigenvalue weighted by Gasteiger charge is 2.17. The summed E-state index contributed by atoms with van der Waals surface area (Å²) >= 11 is 0. The summed E-state index contributed by atoms with van der Waals surface area (Å²) in [5, 5.41) is 18.3. The number of benzene rings is 2. The van der Waals surface area contributed by atoms with Crippen molar-refractivity contribution in [2.45, 2.75) is 19.8 Å². The number of anilines is 4. The van der Waals surface area contributed by atoms with E-state index in [4.69, 9.17) is 4.74 Å². The van der Waals surface area contributed by atoms with Crippen LogP contribution in [0.2, 0.25) is 0 Å². The van der Waals surface area contributed by atoms with Crippen molar-refractivity contribution >= 4 is 35.4 Å². The van der Waals surface area contributed by atoms with E-state index in [1.54, 1.807) is 18.3 Å². The third-order valence-corrected chi connectivity index (χ3v) is 5.23. The molecule has 0 unspecified atom stereocenters. The topological polar surface area (TPSA) is 131 Å². The molecule has 4 rings (SSSR count). The van der Waals surface area contributed by atoms with Gasteiger partial charge in [0.05, 0.1) is 24.4 Å². The van der Waals surface area contributed by atoms with Crippen molar-refractivity contribution < 1.29 is 9.66 Å². The Balaban J connectivity index is 1.53. The number of hydrazone groups is 1. The highest BCUT2D eigenvalue weighted by molar-refractivity contribution is 5.80. The van der Waals surface area contributed by atoms with Crippen molar-refractivity contribution in [3.63, 3.8) is 0 Å². The molecular formula is C23H26N8O3. The first-order valence-electron chi connectivity index (χ1n) is 11.0. The number of aromatic nitrogens is 3. The average molecular weight is 463 g/mol. The molecule has 2 heterocycles. The molecule has 1 aliphatic heterocycles. The van der Waals surface area contributed by atoms with Crippen LogP contribution in [0.15, 0.2) is 53.6 Å². The van der Waals surface area contributed by atoms with Crippen LogP contribution in [0, 0.1) is 10.1 Å². The molecule has 2 aromatic carbocycles. The molecule has 1 fully saturated rings. The van der Waals surface area contributed by atoms with Crippen molar-refractivity contribution in [2.75, 3.05) is 41.9 Å². The van der Waals surface area contributed by atoms with E-state index < -0.39 is 4.92 Å². The molecular weight excluding hydrogens is 436 g/mol. The van der Waals surface area contributed by atoms with Crippen LogP contribution in [0.5, 0.6) is 0 Å². The molecule has 1 aromatic heterocycles. The molecule has 176 valence electrons. The molecule has 3 aromatic rings. The number of nitro benzene ring substituents is 1. The van der Waals surface area contributed by atoms with Gasteiger partial charge in [-0.1, -0.05) is 38.1 Å². The summed E-state index contributed by atoms with van der Waals surface area (Å²) in [7, 11) is 0. The fourth-order valence-electron chi connectivity index (χ4n) is 3.30. The van der Waals surface area contributed by atoms with E-state index in [0.717, 1.165) is 5.56 Å². The molecule has 11 nitrogen and oxygen atoms in total. The lowest BCUT2D eigenvalue weighted by atomic mass is 10.0. The van der Waals surface area contributed by atoms with E-state index in [9.17, 15) is 10.1 Å². The van der Waals surface area contributed by atoms with Crippen LogP contribution < -0.4 is 15.6 Å². The zero-order valence-electron chi connectivity index (χ0n) is 19.0. The number of hydrogen-bond acceptors (Lipinski definition) is 10. The number of nitro groups is 1. The van der Waals surface area contributed by atoms with Gasteiger partial charge < -0.3 is 15.0 Å². The van der Waals surface area contributed by atoms with Crippen molar-refractivity contribution in [3.8, 4) is 0 Å². The second-order valence-corrected chi connectivity index (χ2v) is 8.00. The van der Waals surface area contributed by atoms with E-state index >= 15 is 0 Å². The SMILES string of the molecule is CC(C)c1ccc(/C=N\Nc2nc(Nc3ccc([N+](=O)[O-])cc3)nc(N3CCOCC3)n2)cc1. The summed E-state index contributed by atoms with van der Waals surface area (Å²) in [5.41, 5.74) is 5.71. The van der Waals surface area contributed by atoms with Gasteiger partial charge in [0.15, 0.2) is 0 Å². The van der Waals surface area contributed by atoms with E-state index in [1.165, 1.54) is 17.7 Å². The number of nitrogens with zero attached hydrogens (tertiary/aromatic N) is 6. The van der Waals surface area contributed by atoms with Crippen LogP contribution in [-0.2, 0) is 4.74 Å². The minimum atomic E-state index is -0.445. The zero-order valence-corrected chi connectivity index (χ0v) is 19.0. The highest BCUT2D eigenvalue weighted by atomic mass is 16.6.